The number of pyridine rings is 2. The molecule has 0 aliphatic carbocycles. The molecule has 1 aromatic carbocycles. The van der Waals surface area contributed by atoms with Crippen molar-refractivity contribution in [3.8, 4) is 16.9 Å². The zero-order valence-electron chi connectivity index (χ0n) is 13.1. The highest BCUT2D eigenvalue weighted by atomic mass is 16.5. The van der Waals surface area contributed by atoms with Crippen LogP contribution in [0.25, 0.3) is 11.1 Å². The Labute approximate surface area is 136 Å². The van der Waals surface area contributed by atoms with Crippen molar-refractivity contribution in [3.05, 3.63) is 72.7 Å². The van der Waals surface area contributed by atoms with Gasteiger partial charge in [0.2, 0.25) is 0 Å². The monoisotopic (exact) mass is 305 g/mol. The van der Waals surface area contributed by atoms with Gasteiger partial charge < -0.3 is 10.1 Å². The number of nitrogens with zero attached hydrogens (tertiary/aromatic N) is 2. The first-order valence-electron chi connectivity index (χ1n) is 7.58. The fourth-order valence-electron chi connectivity index (χ4n) is 2.36. The van der Waals surface area contributed by atoms with E-state index >= 15 is 0 Å². The van der Waals surface area contributed by atoms with Gasteiger partial charge in [0.15, 0.2) is 0 Å². The Morgan fingerprint density at radius 3 is 2.61 bits per heavy atom. The Bertz CT molecular complexity index is 742. The van der Waals surface area contributed by atoms with E-state index in [1.54, 1.807) is 7.11 Å². The van der Waals surface area contributed by atoms with Crippen LogP contribution < -0.4 is 10.1 Å². The molecule has 0 aliphatic rings. The minimum Gasteiger partial charge on any atom is -0.497 e. The maximum atomic E-state index is 5.26. The van der Waals surface area contributed by atoms with Crippen LogP contribution >= 0.6 is 0 Å². The number of anilines is 1. The molecule has 0 amide bonds. The molecule has 2 heterocycles. The lowest BCUT2D eigenvalue weighted by Gasteiger charge is -2.08. The van der Waals surface area contributed by atoms with Gasteiger partial charge in [-0.15, -0.1) is 0 Å². The summed E-state index contributed by atoms with van der Waals surface area (Å²) in [6.45, 7) is 0.843. The van der Waals surface area contributed by atoms with E-state index in [1.165, 1.54) is 5.56 Å². The van der Waals surface area contributed by atoms with Crippen molar-refractivity contribution >= 4 is 5.82 Å². The molecule has 0 saturated carbocycles. The molecule has 0 spiro atoms. The Morgan fingerprint density at radius 1 is 1.00 bits per heavy atom. The smallest absolute Gasteiger partial charge is 0.125 e. The van der Waals surface area contributed by atoms with Crippen LogP contribution in [0, 0.1) is 0 Å². The van der Waals surface area contributed by atoms with Crippen LogP contribution in [-0.4, -0.2) is 23.6 Å². The third kappa shape index (κ3) is 4.07. The van der Waals surface area contributed by atoms with Gasteiger partial charge >= 0.3 is 0 Å². The number of ether oxygens (including phenoxy) is 1. The number of benzene rings is 1. The van der Waals surface area contributed by atoms with Gasteiger partial charge in [-0.25, -0.2) is 4.98 Å². The summed E-state index contributed by atoms with van der Waals surface area (Å²) in [4.78, 5) is 8.50. The molecular weight excluding hydrogens is 286 g/mol. The van der Waals surface area contributed by atoms with E-state index in [-0.39, 0.29) is 0 Å². The van der Waals surface area contributed by atoms with Crippen molar-refractivity contribution in [1.29, 1.82) is 0 Å². The summed E-state index contributed by atoms with van der Waals surface area (Å²) in [6.07, 6.45) is 6.46. The summed E-state index contributed by atoms with van der Waals surface area (Å²) in [7, 11) is 1.67. The quantitative estimate of drug-likeness (QED) is 0.752. The van der Waals surface area contributed by atoms with Crippen molar-refractivity contribution in [2.24, 2.45) is 0 Å². The number of nitrogens with one attached hydrogen (secondary N) is 1. The molecule has 0 saturated heterocycles. The largest absolute Gasteiger partial charge is 0.497 e. The van der Waals surface area contributed by atoms with Gasteiger partial charge in [-0.3, -0.25) is 4.98 Å². The van der Waals surface area contributed by atoms with Gasteiger partial charge in [-0.1, -0.05) is 12.1 Å². The summed E-state index contributed by atoms with van der Waals surface area (Å²) in [6, 6.07) is 16.1. The number of hydrogen-bond acceptors (Lipinski definition) is 4. The van der Waals surface area contributed by atoms with Crippen molar-refractivity contribution in [1.82, 2.24) is 9.97 Å². The minimum atomic E-state index is 0.843. The summed E-state index contributed by atoms with van der Waals surface area (Å²) in [5.41, 5.74) is 3.43. The molecule has 0 radical (unpaired) electrons. The van der Waals surface area contributed by atoms with Crippen molar-refractivity contribution in [3.63, 3.8) is 0 Å². The lowest BCUT2D eigenvalue weighted by molar-refractivity contribution is 0.415. The van der Waals surface area contributed by atoms with E-state index in [2.05, 4.69) is 27.4 Å². The highest BCUT2D eigenvalue weighted by Gasteiger charge is 2.01. The summed E-state index contributed by atoms with van der Waals surface area (Å²) < 4.78 is 5.26. The lowest BCUT2D eigenvalue weighted by atomic mass is 10.1. The van der Waals surface area contributed by atoms with Crippen LogP contribution in [0.1, 0.15) is 5.56 Å². The fourth-order valence-corrected chi connectivity index (χ4v) is 2.36. The van der Waals surface area contributed by atoms with E-state index in [4.69, 9.17) is 4.74 Å². The lowest BCUT2D eigenvalue weighted by Crippen LogP contribution is -2.06. The average molecular weight is 305 g/mol. The van der Waals surface area contributed by atoms with E-state index < -0.39 is 0 Å². The molecule has 0 aliphatic heterocycles. The first-order chi connectivity index (χ1) is 11.3. The number of aromatic nitrogens is 2. The van der Waals surface area contributed by atoms with E-state index in [0.717, 1.165) is 35.7 Å². The van der Waals surface area contributed by atoms with Crippen LogP contribution in [0.15, 0.2) is 67.1 Å². The molecule has 0 atom stereocenters. The predicted molar refractivity (Wildman–Crippen MR) is 92.7 cm³/mol. The molecule has 116 valence electrons. The third-order valence-corrected chi connectivity index (χ3v) is 3.64. The number of hydrogen-bond donors (Lipinski definition) is 1. The fraction of sp³-hybridized carbons (Fsp3) is 0.158. The first-order valence-corrected chi connectivity index (χ1v) is 7.58. The van der Waals surface area contributed by atoms with Crippen LogP contribution in [-0.2, 0) is 6.42 Å². The van der Waals surface area contributed by atoms with Crippen LogP contribution in [0.5, 0.6) is 5.75 Å². The van der Waals surface area contributed by atoms with Gasteiger partial charge in [0.25, 0.3) is 0 Å². The van der Waals surface area contributed by atoms with Gasteiger partial charge in [0.05, 0.1) is 7.11 Å². The topological polar surface area (TPSA) is 47.0 Å². The predicted octanol–water partition coefficient (Wildman–Crippen LogP) is 3.81. The second-order valence-electron chi connectivity index (χ2n) is 5.20. The molecule has 3 rings (SSSR count). The standard InChI is InChI=1S/C19H19N3O/c1-23-18-4-2-3-16(13-18)17-5-6-19(22-14-17)21-12-9-15-7-10-20-11-8-15/h2-8,10-11,13-14H,9,12H2,1H3,(H,21,22). The van der Waals surface area contributed by atoms with Crippen molar-refractivity contribution in [2.75, 3.05) is 19.0 Å². The van der Waals surface area contributed by atoms with Crippen LogP contribution in [0.3, 0.4) is 0 Å². The second-order valence-corrected chi connectivity index (χ2v) is 5.20. The number of rotatable bonds is 6. The van der Waals surface area contributed by atoms with Gasteiger partial charge in [-0.05, 0) is 53.9 Å². The molecule has 0 bridgehead atoms. The summed E-state index contributed by atoms with van der Waals surface area (Å²) in [5, 5.41) is 3.34. The SMILES string of the molecule is COc1cccc(-c2ccc(NCCc3ccncc3)nc2)c1. The molecule has 3 aromatic rings. The third-order valence-electron chi connectivity index (χ3n) is 3.64. The second kappa shape index (κ2) is 7.40. The maximum absolute atomic E-state index is 5.26. The highest BCUT2D eigenvalue weighted by Crippen LogP contribution is 2.23. The van der Waals surface area contributed by atoms with Crippen molar-refractivity contribution < 1.29 is 4.74 Å². The van der Waals surface area contributed by atoms with E-state index in [9.17, 15) is 0 Å². The highest BCUT2D eigenvalue weighted by molar-refractivity contribution is 5.65. The minimum absolute atomic E-state index is 0.843. The molecule has 1 N–H and O–H groups in total. The first kappa shape index (κ1) is 15.0. The molecule has 4 heteroatoms. The Morgan fingerprint density at radius 2 is 1.87 bits per heavy atom. The van der Waals surface area contributed by atoms with Gasteiger partial charge in [0, 0.05) is 30.7 Å². The van der Waals surface area contributed by atoms with Crippen LogP contribution in [0.4, 0.5) is 5.82 Å². The molecule has 0 fully saturated rings. The average Bonchev–Trinajstić information content (AvgIpc) is 2.63. The molecule has 0 unspecified atom stereocenters. The van der Waals surface area contributed by atoms with Crippen molar-refractivity contribution in [2.45, 2.75) is 6.42 Å². The number of methoxy groups -OCH3 is 1. The summed E-state index contributed by atoms with van der Waals surface area (Å²) in [5.74, 6) is 1.73. The molecular formula is C19H19N3O. The van der Waals surface area contributed by atoms with Gasteiger partial charge in [0.1, 0.15) is 11.6 Å². The van der Waals surface area contributed by atoms with E-state index in [0.29, 0.717) is 0 Å². The zero-order chi connectivity index (χ0) is 15.9. The Kier molecular flexibility index (Phi) is 4.84. The van der Waals surface area contributed by atoms with E-state index in [1.807, 2.05) is 55.0 Å². The van der Waals surface area contributed by atoms with Crippen LogP contribution in [0.2, 0.25) is 0 Å². The molecule has 4 nitrogen and oxygen atoms in total. The Balaban J connectivity index is 1.60. The normalized spacial score (nSPS) is 10.3. The summed E-state index contributed by atoms with van der Waals surface area (Å²) >= 11 is 0. The maximum Gasteiger partial charge on any atom is 0.125 e. The Hall–Kier alpha value is -2.88. The molecule has 23 heavy (non-hydrogen) atoms. The van der Waals surface area contributed by atoms with Gasteiger partial charge in [-0.2, -0.15) is 0 Å². The zero-order valence-corrected chi connectivity index (χ0v) is 13.1. The molecule has 2 aromatic heterocycles.